The number of nitrogens with one attached hydrogen (secondary N) is 1. The fraction of sp³-hybridized carbons (Fsp3) is 0.440. The minimum atomic E-state index is -0.959. The zero-order chi connectivity index (χ0) is 22.3. The third-order valence-corrected chi connectivity index (χ3v) is 7.92. The molecule has 1 aliphatic carbocycles. The number of rotatable bonds is 6. The van der Waals surface area contributed by atoms with Crippen LogP contribution in [0.1, 0.15) is 48.0 Å². The minimum absolute atomic E-state index is 0.0562. The van der Waals surface area contributed by atoms with E-state index in [1.165, 1.54) is 4.88 Å². The fourth-order valence-electron chi connectivity index (χ4n) is 5.09. The molecule has 2 aromatic heterocycles. The summed E-state index contributed by atoms with van der Waals surface area (Å²) in [5.41, 5.74) is 0.593. The molecule has 0 radical (unpaired) electrons. The van der Waals surface area contributed by atoms with Crippen LogP contribution in [0.15, 0.2) is 41.8 Å². The van der Waals surface area contributed by atoms with E-state index in [2.05, 4.69) is 11.4 Å². The number of hydrogen-bond acceptors (Lipinski definition) is 4. The van der Waals surface area contributed by atoms with Gasteiger partial charge < -0.3 is 19.5 Å². The molecular weight excluding hydrogens is 422 g/mol. The molecule has 1 saturated carbocycles. The second-order valence-corrected chi connectivity index (χ2v) is 10.1. The predicted molar refractivity (Wildman–Crippen MR) is 126 cm³/mol. The van der Waals surface area contributed by atoms with Gasteiger partial charge >= 0.3 is 0 Å². The van der Waals surface area contributed by atoms with Crippen molar-refractivity contribution < 1.29 is 14.3 Å². The number of carbonyl (C=O) groups excluding carboxylic acids is 2. The lowest BCUT2D eigenvalue weighted by Crippen LogP contribution is -2.65. The predicted octanol–water partition coefficient (Wildman–Crippen LogP) is 4.23. The minimum Gasteiger partial charge on any atom is -0.497 e. The van der Waals surface area contributed by atoms with Crippen LogP contribution < -0.4 is 10.1 Å². The molecule has 1 aromatic carbocycles. The van der Waals surface area contributed by atoms with Gasteiger partial charge in [-0.25, -0.2) is 0 Å². The number of thiophene rings is 1. The van der Waals surface area contributed by atoms with Crippen molar-refractivity contribution in [2.24, 2.45) is 0 Å². The van der Waals surface area contributed by atoms with E-state index in [-0.39, 0.29) is 17.9 Å². The van der Waals surface area contributed by atoms with Crippen molar-refractivity contribution in [2.75, 3.05) is 13.7 Å². The molecular formula is C25H29N3O3S. The maximum Gasteiger partial charge on any atom is 0.271 e. The van der Waals surface area contributed by atoms with E-state index in [0.29, 0.717) is 18.8 Å². The molecule has 1 N–H and O–H groups in total. The van der Waals surface area contributed by atoms with Gasteiger partial charge in [0.2, 0.25) is 5.91 Å². The summed E-state index contributed by atoms with van der Waals surface area (Å²) >= 11 is 1.68. The Labute approximate surface area is 192 Å². The number of methoxy groups -OCH3 is 1. The van der Waals surface area contributed by atoms with Crippen molar-refractivity contribution >= 4 is 34.1 Å². The monoisotopic (exact) mass is 451 g/mol. The normalized spacial score (nSPS) is 21.2. The quantitative estimate of drug-likeness (QED) is 0.610. The zero-order valence-electron chi connectivity index (χ0n) is 18.6. The largest absolute Gasteiger partial charge is 0.497 e. The van der Waals surface area contributed by atoms with Gasteiger partial charge in [0.15, 0.2) is 0 Å². The van der Waals surface area contributed by atoms with Gasteiger partial charge in [-0.3, -0.25) is 9.59 Å². The van der Waals surface area contributed by atoms with Gasteiger partial charge in [-0.1, -0.05) is 18.9 Å². The van der Waals surface area contributed by atoms with Crippen molar-refractivity contribution in [3.8, 4) is 5.75 Å². The molecule has 3 heterocycles. The summed E-state index contributed by atoms with van der Waals surface area (Å²) in [4.78, 5) is 30.4. The lowest BCUT2D eigenvalue weighted by Gasteiger charge is -2.44. The average molecular weight is 452 g/mol. The van der Waals surface area contributed by atoms with Crippen LogP contribution in [0.3, 0.4) is 0 Å². The van der Waals surface area contributed by atoms with E-state index in [4.69, 9.17) is 4.74 Å². The van der Waals surface area contributed by atoms with Crippen molar-refractivity contribution in [3.05, 3.63) is 52.3 Å². The Hall–Kier alpha value is -2.80. The van der Waals surface area contributed by atoms with Gasteiger partial charge in [0.1, 0.15) is 17.0 Å². The Morgan fingerprint density at radius 1 is 1.25 bits per heavy atom. The topological polar surface area (TPSA) is 63.6 Å². The van der Waals surface area contributed by atoms with E-state index in [1.54, 1.807) is 23.3 Å². The summed E-state index contributed by atoms with van der Waals surface area (Å²) < 4.78 is 7.41. The Kier molecular flexibility index (Phi) is 5.45. The summed E-state index contributed by atoms with van der Waals surface area (Å²) in [5, 5.41) is 6.28. The van der Waals surface area contributed by atoms with Gasteiger partial charge in [0, 0.05) is 28.9 Å². The van der Waals surface area contributed by atoms with Crippen LogP contribution in [-0.2, 0) is 17.8 Å². The molecule has 2 amide bonds. The van der Waals surface area contributed by atoms with Crippen molar-refractivity contribution in [1.82, 2.24) is 14.8 Å². The molecule has 1 atom stereocenters. The van der Waals surface area contributed by atoms with E-state index < -0.39 is 5.54 Å². The third kappa shape index (κ3) is 3.58. The molecule has 7 heteroatoms. The lowest BCUT2D eigenvalue weighted by molar-refractivity contribution is -0.133. The Morgan fingerprint density at radius 3 is 2.78 bits per heavy atom. The van der Waals surface area contributed by atoms with Crippen molar-refractivity contribution in [2.45, 2.75) is 57.2 Å². The van der Waals surface area contributed by atoms with Crippen LogP contribution in [0.4, 0.5) is 0 Å². The maximum absolute atomic E-state index is 13.8. The van der Waals surface area contributed by atoms with Gasteiger partial charge in [0.05, 0.1) is 19.2 Å². The first kappa shape index (κ1) is 21.1. The van der Waals surface area contributed by atoms with Gasteiger partial charge in [0.25, 0.3) is 5.91 Å². The molecule has 6 nitrogen and oxygen atoms in total. The number of ether oxygens (including phenoxy) is 1. The number of nitrogens with zero attached hydrogens (tertiary/aromatic N) is 2. The number of benzene rings is 1. The highest BCUT2D eigenvalue weighted by molar-refractivity contribution is 7.09. The van der Waals surface area contributed by atoms with Crippen LogP contribution in [0.2, 0.25) is 0 Å². The van der Waals surface area contributed by atoms with Crippen LogP contribution in [-0.4, -0.2) is 46.5 Å². The molecule has 0 spiro atoms. The third-order valence-electron chi connectivity index (χ3n) is 6.98. The molecule has 3 aromatic rings. The Balaban J connectivity index is 1.53. The highest BCUT2D eigenvalue weighted by Gasteiger charge is 2.48. The first-order chi connectivity index (χ1) is 15.5. The zero-order valence-corrected chi connectivity index (χ0v) is 19.4. The smallest absolute Gasteiger partial charge is 0.271 e. The number of carbonyl (C=O) groups is 2. The van der Waals surface area contributed by atoms with E-state index >= 15 is 0 Å². The van der Waals surface area contributed by atoms with E-state index in [0.717, 1.165) is 48.8 Å². The molecule has 1 aliphatic heterocycles. The number of hydrogen-bond donors (Lipinski definition) is 1. The first-order valence-corrected chi connectivity index (χ1v) is 12.2. The molecule has 0 bridgehead atoms. The van der Waals surface area contributed by atoms with E-state index in [1.807, 2.05) is 47.2 Å². The van der Waals surface area contributed by atoms with Crippen LogP contribution in [0.25, 0.3) is 10.9 Å². The summed E-state index contributed by atoms with van der Waals surface area (Å²) in [7, 11) is 1.64. The van der Waals surface area contributed by atoms with Gasteiger partial charge in [-0.15, -0.1) is 11.3 Å². The average Bonchev–Trinajstić information content (AvgIpc) is 3.55. The van der Waals surface area contributed by atoms with Gasteiger partial charge in [-0.2, -0.15) is 0 Å². The van der Waals surface area contributed by atoms with Crippen LogP contribution >= 0.6 is 11.3 Å². The molecule has 0 saturated heterocycles. The molecule has 1 fully saturated rings. The standard InChI is InChI=1S/C25H29N3O3S/c1-25(24(30)26-18-6-3-4-7-18)16-27-21-15-19(31-2)10-9-17(21)14-22(27)23(29)28(25)12-11-20-8-5-13-32-20/h5,8-10,13-15,18H,3-4,6-7,11-12,16H2,1-2H3,(H,26,30)/t25-/m1/s1. The highest BCUT2D eigenvalue weighted by atomic mass is 32.1. The molecule has 32 heavy (non-hydrogen) atoms. The summed E-state index contributed by atoms with van der Waals surface area (Å²) in [6.07, 6.45) is 5.06. The summed E-state index contributed by atoms with van der Waals surface area (Å²) in [5.74, 6) is 0.592. The number of fused-ring (bicyclic) bond motifs is 3. The summed E-state index contributed by atoms with van der Waals surface area (Å²) in [6, 6.07) is 12.1. The molecule has 168 valence electrons. The fourth-order valence-corrected chi connectivity index (χ4v) is 5.79. The summed E-state index contributed by atoms with van der Waals surface area (Å²) in [6.45, 7) is 2.85. The van der Waals surface area contributed by atoms with Crippen LogP contribution in [0.5, 0.6) is 5.75 Å². The molecule has 5 rings (SSSR count). The second-order valence-electron chi connectivity index (χ2n) is 9.06. The Morgan fingerprint density at radius 2 is 2.06 bits per heavy atom. The Bertz CT molecular complexity index is 1150. The second kappa shape index (κ2) is 8.28. The van der Waals surface area contributed by atoms with Crippen molar-refractivity contribution in [3.63, 3.8) is 0 Å². The maximum atomic E-state index is 13.8. The highest BCUT2D eigenvalue weighted by Crippen LogP contribution is 2.34. The molecule has 2 aliphatic rings. The van der Waals surface area contributed by atoms with E-state index in [9.17, 15) is 9.59 Å². The first-order valence-electron chi connectivity index (χ1n) is 11.3. The number of aromatic nitrogens is 1. The van der Waals surface area contributed by atoms with Crippen molar-refractivity contribution in [1.29, 1.82) is 0 Å². The lowest BCUT2D eigenvalue weighted by atomic mass is 9.93. The SMILES string of the molecule is COc1ccc2cc3n(c2c1)C[C@](C)(C(=O)NC1CCCC1)N(CCc1cccs1)C3=O. The van der Waals surface area contributed by atoms with Crippen LogP contribution in [0, 0.1) is 0 Å². The van der Waals surface area contributed by atoms with Gasteiger partial charge in [-0.05, 0) is 55.8 Å². The molecule has 0 unspecified atom stereocenters. The number of amides is 2.